The van der Waals surface area contributed by atoms with Crippen LogP contribution in [0.5, 0.6) is 0 Å². The standard InChI is InChI=1S/C36H58N4O5S/c1-6-7-8-9-10-11-12-13-14-15-16-19-26-43-36(42)45-28-44-35(41)40-31(4)46-30(3)27-29(2)34(39-24-22-38(5)23-25-39)37-32-20-17-18-21-33(32)40/h17-18,20-21,27,29,31H,6-16,19,22-26,28H2,1-5H3/b30-27-,37-34?. The summed E-state index contributed by atoms with van der Waals surface area (Å²) >= 11 is 1.59. The number of hydrogen-bond acceptors (Lipinski definition) is 9. The van der Waals surface area contributed by atoms with Crippen LogP contribution in [0.3, 0.4) is 0 Å². The molecule has 0 aliphatic carbocycles. The quantitative estimate of drug-likeness (QED) is 0.105. The molecule has 1 aromatic carbocycles. The molecule has 1 amide bonds. The molecule has 2 aliphatic heterocycles. The summed E-state index contributed by atoms with van der Waals surface area (Å²) < 4.78 is 15.7. The van der Waals surface area contributed by atoms with Gasteiger partial charge in [0, 0.05) is 32.1 Å². The summed E-state index contributed by atoms with van der Waals surface area (Å²) in [5, 5.41) is -0.282. The molecule has 10 heteroatoms. The molecule has 0 N–H and O–H groups in total. The third kappa shape index (κ3) is 13.2. The van der Waals surface area contributed by atoms with Crippen molar-refractivity contribution in [2.24, 2.45) is 10.9 Å². The van der Waals surface area contributed by atoms with Gasteiger partial charge in [-0.15, -0.1) is 11.8 Å². The zero-order chi connectivity index (χ0) is 33.1. The van der Waals surface area contributed by atoms with Gasteiger partial charge in [0.15, 0.2) is 0 Å². The normalized spacial score (nSPS) is 20.3. The molecule has 0 bridgehead atoms. The van der Waals surface area contributed by atoms with E-state index < -0.39 is 19.0 Å². The molecule has 2 unspecified atom stereocenters. The average molecular weight is 659 g/mol. The lowest BCUT2D eigenvalue weighted by Gasteiger charge is -2.37. The number of likely N-dealkylation sites (N-methyl/N-ethyl adjacent to an activating group) is 1. The molecule has 1 saturated heterocycles. The molecule has 0 radical (unpaired) electrons. The smallest absolute Gasteiger partial charge is 0.434 e. The van der Waals surface area contributed by atoms with Crippen molar-refractivity contribution in [2.75, 3.05) is 51.5 Å². The van der Waals surface area contributed by atoms with Crippen molar-refractivity contribution in [3.63, 3.8) is 0 Å². The summed E-state index contributed by atoms with van der Waals surface area (Å²) in [4.78, 5) is 38.1. The number of unbranched alkanes of at least 4 members (excludes halogenated alkanes) is 11. The van der Waals surface area contributed by atoms with Crippen LogP contribution in [0.4, 0.5) is 21.0 Å². The van der Waals surface area contributed by atoms with Gasteiger partial charge in [-0.25, -0.2) is 14.6 Å². The van der Waals surface area contributed by atoms with E-state index in [-0.39, 0.29) is 11.3 Å². The lowest BCUT2D eigenvalue weighted by molar-refractivity contribution is -0.0133. The number of rotatable bonds is 15. The van der Waals surface area contributed by atoms with Crippen LogP contribution in [0.1, 0.15) is 105 Å². The molecule has 0 saturated carbocycles. The van der Waals surface area contributed by atoms with Gasteiger partial charge >= 0.3 is 12.2 Å². The van der Waals surface area contributed by atoms with Crippen LogP contribution in [0.25, 0.3) is 0 Å². The number of fused-ring (bicyclic) bond motifs is 1. The van der Waals surface area contributed by atoms with Gasteiger partial charge in [-0.3, -0.25) is 4.90 Å². The van der Waals surface area contributed by atoms with Crippen molar-refractivity contribution in [3.05, 3.63) is 35.2 Å². The van der Waals surface area contributed by atoms with Crippen molar-refractivity contribution in [2.45, 2.75) is 110 Å². The first-order valence-corrected chi connectivity index (χ1v) is 18.4. The van der Waals surface area contributed by atoms with E-state index in [0.29, 0.717) is 18.0 Å². The number of anilines is 1. The SMILES string of the molecule is CCCCCCCCCCCCCCOC(=O)OCOC(=O)N1c2ccccc2N=C(N2CCN(C)CC2)C(C)/C=C(/C)SC1C. The maximum Gasteiger partial charge on any atom is 0.511 e. The minimum absolute atomic E-state index is 0.115. The van der Waals surface area contributed by atoms with Gasteiger partial charge in [0.1, 0.15) is 5.84 Å². The zero-order valence-electron chi connectivity index (χ0n) is 29.0. The molecule has 9 nitrogen and oxygen atoms in total. The van der Waals surface area contributed by atoms with Gasteiger partial charge in [-0.2, -0.15) is 0 Å². The van der Waals surface area contributed by atoms with E-state index in [1.165, 1.54) is 57.8 Å². The molecule has 46 heavy (non-hydrogen) atoms. The Morgan fingerprint density at radius 3 is 2.11 bits per heavy atom. The summed E-state index contributed by atoms with van der Waals surface area (Å²) in [6.07, 6.45) is 15.7. The average Bonchev–Trinajstić information content (AvgIpc) is 3.03. The molecular weight excluding hydrogens is 600 g/mol. The van der Waals surface area contributed by atoms with Gasteiger partial charge < -0.3 is 24.0 Å². The topological polar surface area (TPSA) is 83.9 Å². The summed E-state index contributed by atoms with van der Waals surface area (Å²) in [5.41, 5.74) is 1.35. The Labute approximate surface area is 282 Å². The fourth-order valence-electron chi connectivity index (χ4n) is 5.95. The molecule has 2 atom stereocenters. The van der Waals surface area contributed by atoms with Crippen LogP contribution in [0.15, 0.2) is 40.2 Å². The Hall–Kier alpha value is -2.72. The van der Waals surface area contributed by atoms with Crippen molar-refractivity contribution < 1.29 is 23.8 Å². The first-order chi connectivity index (χ1) is 22.3. The molecule has 3 rings (SSSR count). The first-order valence-electron chi connectivity index (χ1n) is 17.5. The second kappa shape index (κ2) is 21.2. The molecule has 2 heterocycles. The Balaban J connectivity index is 1.46. The van der Waals surface area contributed by atoms with Crippen molar-refractivity contribution >= 4 is 41.2 Å². The number of ether oxygens (including phenoxy) is 3. The fraction of sp³-hybridized carbons (Fsp3) is 0.694. The van der Waals surface area contributed by atoms with Gasteiger partial charge in [0.25, 0.3) is 0 Å². The minimum Gasteiger partial charge on any atom is -0.434 e. The number of carbonyl (C=O) groups excluding carboxylic acids is 2. The van der Waals surface area contributed by atoms with Crippen LogP contribution in [0, 0.1) is 5.92 Å². The van der Waals surface area contributed by atoms with Crippen molar-refractivity contribution in [1.82, 2.24) is 9.80 Å². The summed E-state index contributed by atoms with van der Waals surface area (Å²) in [6.45, 7) is 12.0. The number of aliphatic imine (C=N–C) groups is 1. The second-order valence-electron chi connectivity index (χ2n) is 12.6. The number of para-hydroxylation sites is 2. The minimum atomic E-state index is -0.825. The van der Waals surface area contributed by atoms with E-state index in [0.717, 1.165) is 56.2 Å². The highest BCUT2D eigenvalue weighted by Gasteiger charge is 2.29. The summed E-state index contributed by atoms with van der Waals surface area (Å²) in [5.74, 6) is 1.10. The number of carbonyl (C=O) groups is 2. The summed E-state index contributed by atoms with van der Waals surface area (Å²) in [7, 11) is 2.14. The van der Waals surface area contributed by atoms with Gasteiger partial charge in [0.2, 0.25) is 6.79 Å². The number of piperazine rings is 1. The third-order valence-corrected chi connectivity index (χ3v) is 9.65. The largest absolute Gasteiger partial charge is 0.511 e. The van der Waals surface area contributed by atoms with Crippen molar-refractivity contribution in [3.8, 4) is 0 Å². The second-order valence-corrected chi connectivity index (χ2v) is 14.1. The number of nitrogens with zero attached hydrogens (tertiary/aromatic N) is 4. The number of amides is 1. The number of allylic oxidation sites excluding steroid dienone is 1. The Kier molecular flexibility index (Phi) is 17.4. The third-order valence-electron chi connectivity index (χ3n) is 8.59. The number of amidine groups is 1. The van der Waals surface area contributed by atoms with Gasteiger partial charge in [-0.1, -0.05) is 103 Å². The van der Waals surface area contributed by atoms with E-state index in [1.54, 1.807) is 16.7 Å². The molecular formula is C36H58N4O5S. The van der Waals surface area contributed by atoms with Crippen LogP contribution < -0.4 is 4.90 Å². The van der Waals surface area contributed by atoms with Crippen LogP contribution in [0.2, 0.25) is 0 Å². The maximum atomic E-state index is 13.5. The lowest BCUT2D eigenvalue weighted by atomic mass is 10.1. The Morgan fingerprint density at radius 1 is 0.848 bits per heavy atom. The highest BCUT2D eigenvalue weighted by atomic mass is 32.2. The molecule has 1 aromatic rings. The maximum absolute atomic E-state index is 13.5. The van der Waals surface area contributed by atoms with Crippen molar-refractivity contribution in [1.29, 1.82) is 0 Å². The van der Waals surface area contributed by atoms with Crippen LogP contribution >= 0.6 is 11.8 Å². The van der Waals surface area contributed by atoms with Gasteiger partial charge in [-0.05, 0) is 44.4 Å². The molecule has 0 spiro atoms. The predicted molar refractivity (Wildman–Crippen MR) is 190 cm³/mol. The van der Waals surface area contributed by atoms with Gasteiger partial charge in [0.05, 0.1) is 23.4 Å². The Bertz CT molecular complexity index is 1120. The van der Waals surface area contributed by atoms with E-state index in [2.05, 4.69) is 43.7 Å². The fourth-order valence-corrected chi connectivity index (χ4v) is 7.08. The van der Waals surface area contributed by atoms with Crippen LogP contribution in [-0.4, -0.2) is 79.9 Å². The predicted octanol–water partition coefficient (Wildman–Crippen LogP) is 9.35. The monoisotopic (exact) mass is 658 g/mol. The first kappa shape index (κ1) is 37.7. The number of benzene rings is 1. The van der Waals surface area contributed by atoms with Crippen LogP contribution in [-0.2, 0) is 14.2 Å². The highest BCUT2D eigenvalue weighted by molar-refractivity contribution is 8.03. The Morgan fingerprint density at radius 2 is 1.46 bits per heavy atom. The number of thioether (sulfide) groups is 1. The highest BCUT2D eigenvalue weighted by Crippen LogP contribution is 2.37. The lowest BCUT2D eigenvalue weighted by Crippen LogP contribution is -2.48. The molecule has 2 aliphatic rings. The van der Waals surface area contributed by atoms with E-state index >= 15 is 0 Å². The molecule has 258 valence electrons. The molecule has 1 fully saturated rings. The van der Waals surface area contributed by atoms with E-state index in [1.807, 2.05) is 31.2 Å². The number of hydrogen-bond donors (Lipinski definition) is 0. The zero-order valence-corrected chi connectivity index (χ0v) is 29.8. The summed E-state index contributed by atoms with van der Waals surface area (Å²) in [6, 6.07) is 7.63. The van der Waals surface area contributed by atoms with E-state index in [4.69, 9.17) is 19.2 Å². The molecule has 0 aromatic heterocycles. The van der Waals surface area contributed by atoms with E-state index in [9.17, 15) is 9.59 Å².